The number of nitrogen functional groups attached to an aromatic ring is 1. The molecule has 2 unspecified atom stereocenters. The maximum atomic E-state index is 13.2. The Morgan fingerprint density at radius 2 is 2.22 bits per heavy atom. The summed E-state index contributed by atoms with van der Waals surface area (Å²) in [7, 11) is -0.904. The van der Waals surface area contributed by atoms with Crippen LogP contribution in [0.3, 0.4) is 0 Å². The Labute approximate surface area is 108 Å². The SMILES string of the molecule is CC(CCNC(=O)c1ccc(N)c(F)c1)S(C)=O. The molecule has 4 nitrogen and oxygen atoms in total. The van der Waals surface area contributed by atoms with Gasteiger partial charge in [-0.2, -0.15) is 0 Å². The third-order valence-corrected chi connectivity index (χ3v) is 4.03. The van der Waals surface area contributed by atoms with Crippen LogP contribution in [-0.4, -0.2) is 28.2 Å². The Hall–Kier alpha value is -1.43. The van der Waals surface area contributed by atoms with Crippen molar-refractivity contribution in [1.82, 2.24) is 5.32 Å². The maximum absolute atomic E-state index is 13.2. The van der Waals surface area contributed by atoms with Gasteiger partial charge in [-0.05, 0) is 24.6 Å². The van der Waals surface area contributed by atoms with Gasteiger partial charge < -0.3 is 11.1 Å². The van der Waals surface area contributed by atoms with Gasteiger partial charge in [0.1, 0.15) is 5.82 Å². The molecule has 0 aromatic heterocycles. The molecule has 0 fully saturated rings. The van der Waals surface area contributed by atoms with Crippen LogP contribution in [0.2, 0.25) is 0 Å². The minimum absolute atomic E-state index is 0.0153. The number of rotatable bonds is 5. The van der Waals surface area contributed by atoms with E-state index < -0.39 is 16.6 Å². The van der Waals surface area contributed by atoms with E-state index >= 15 is 0 Å². The van der Waals surface area contributed by atoms with E-state index in [0.29, 0.717) is 13.0 Å². The average molecular weight is 272 g/mol. The summed E-state index contributed by atoms with van der Waals surface area (Å²) in [5, 5.41) is 2.67. The zero-order chi connectivity index (χ0) is 13.7. The standard InChI is InChI=1S/C12H17FN2O2S/c1-8(18(2)17)5-6-15-12(16)9-3-4-11(14)10(13)7-9/h3-4,7-8H,5-6,14H2,1-2H3,(H,15,16). The lowest BCUT2D eigenvalue weighted by atomic mass is 10.2. The highest BCUT2D eigenvalue weighted by Crippen LogP contribution is 2.11. The Morgan fingerprint density at radius 1 is 1.56 bits per heavy atom. The summed E-state index contributed by atoms with van der Waals surface area (Å²) in [6, 6.07) is 3.93. The normalized spacial score (nSPS) is 13.9. The number of amides is 1. The van der Waals surface area contributed by atoms with Gasteiger partial charge in [-0.15, -0.1) is 0 Å². The van der Waals surface area contributed by atoms with Crippen LogP contribution in [0.1, 0.15) is 23.7 Å². The Morgan fingerprint density at radius 3 is 2.78 bits per heavy atom. The van der Waals surface area contributed by atoms with Gasteiger partial charge in [0, 0.05) is 34.4 Å². The fraction of sp³-hybridized carbons (Fsp3) is 0.417. The quantitative estimate of drug-likeness (QED) is 0.793. The van der Waals surface area contributed by atoms with Crippen LogP contribution in [0, 0.1) is 5.82 Å². The lowest BCUT2D eigenvalue weighted by molar-refractivity contribution is 0.0953. The predicted molar refractivity (Wildman–Crippen MR) is 71.3 cm³/mol. The fourth-order valence-electron chi connectivity index (χ4n) is 1.33. The van der Waals surface area contributed by atoms with Gasteiger partial charge in [0.05, 0.1) is 5.69 Å². The molecular weight excluding hydrogens is 255 g/mol. The van der Waals surface area contributed by atoms with E-state index in [0.717, 1.165) is 6.07 Å². The highest BCUT2D eigenvalue weighted by Gasteiger charge is 2.10. The van der Waals surface area contributed by atoms with Gasteiger partial charge in [0.25, 0.3) is 5.91 Å². The second-order valence-electron chi connectivity index (χ2n) is 4.09. The van der Waals surface area contributed by atoms with E-state index in [-0.39, 0.29) is 22.4 Å². The van der Waals surface area contributed by atoms with E-state index in [4.69, 9.17) is 5.73 Å². The van der Waals surface area contributed by atoms with Gasteiger partial charge in [-0.1, -0.05) is 6.92 Å². The summed E-state index contributed by atoms with van der Waals surface area (Å²) < 4.78 is 24.3. The van der Waals surface area contributed by atoms with Crippen LogP contribution < -0.4 is 11.1 Å². The lowest BCUT2D eigenvalue weighted by Gasteiger charge is -2.09. The van der Waals surface area contributed by atoms with Crippen LogP contribution in [0.15, 0.2) is 18.2 Å². The van der Waals surface area contributed by atoms with E-state index in [2.05, 4.69) is 5.32 Å². The van der Waals surface area contributed by atoms with Crippen LogP contribution in [0.5, 0.6) is 0 Å². The molecule has 3 N–H and O–H groups in total. The minimum atomic E-state index is -0.904. The molecule has 0 radical (unpaired) electrons. The van der Waals surface area contributed by atoms with Crippen molar-refractivity contribution in [2.24, 2.45) is 0 Å². The molecule has 0 aliphatic carbocycles. The molecular formula is C12H17FN2O2S. The van der Waals surface area contributed by atoms with Crippen molar-refractivity contribution in [3.63, 3.8) is 0 Å². The van der Waals surface area contributed by atoms with Crippen molar-refractivity contribution in [3.8, 4) is 0 Å². The summed E-state index contributed by atoms with van der Waals surface area (Å²) in [6.07, 6.45) is 2.24. The lowest BCUT2D eigenvalue weighted by Crippen LogP contribution is -2.27. The maximum Gasteiger partial charge on any atom is 0.251 e. The number of nitrogens with two attached hydrogens (primary N) is 1. The minimum Gasteiger partial charge on any atom is -0.396 e. The van der Waals surface area contributed by atoms with Crippen molar-refractivity contribution >= 4 is 22.4 Å². The van der Waals surface area contributed by atoms with Gasteiger partial charge >= 0.3 is 0 Å². The number of benzene rings is 1. The topological polar surface area (TPSA) is 72.2 Å². The molecule has 0 spiro atoms. The molecule has 1 aromatic carbocycles. The number of halogens is 1. The number of hydrogen-bond acceptors (Lipinski definition) is 3. The second-order valence-corrected chi connectivity index (χ2v) is 5.89. The molecule has 0 saturated carbocycles. The second kappa shape index (κ2) is 6.49. The summed E-state index contributed by atoms with van der Waals surface area (Å²) in [5.74, 6) is -0.964. The smallest absolute Gasteiger partial charge is 0.251 e. The van der Waals surface area contributed by atoms with Gasteiger partial charge in [0.2, 0.25) is 0 Å². The molecule has 0 aliphatic heterocycles. The highest BCUT2D eigenvalue weighted by molar-refractivity contribution is 7.84. The Balaban J connectivity index is 2.50. The van der Waals surface area contributed by atoms with Crippen LogP contribution >= 0.6 is 0 Å². The van der Waals surface area contributed by atoms with Crippen LogP contribution in [0.25, 0.3) is 0 Å². The number of anilines is 1. The molecule has 6 heteroatoms. The van der Waals surface area contributed by atoms with E-state index in [1.54, 1.807) is 6.26 Å². The van der Waals surface area contributed by atoms with E-state index in [1.165, 1.54) is 12.1 Å². The first kappa shape index (κ1) is 14.6. The monoisotopic (exact) mass is 272 g/mol. The van der Waals surface area contributed by atoms with Gasteiger partial charge in [-0.25, -0.2) is 4.39 Å². The highest BCUT2D eigenvalue weighted by atomic mass is 32.2. The molecule has 18 heavy (non-hydrogen) atoms. The molecule has 2 atom stereocenters. The molecule has 0 aliphatic rings. The number of carbonyl (C=O) groups is 1. The van der Waals surface area contributed by atoms with Crippen LogP contribution in [0.4, 0.5) is 10.1 Å². The Bertz CT molecular complexity index is 465. The average Bonchev–Trinajstić information content (AvgIpc) is 2.32. The first-order valence-corrected chi connectivity index (χ1v) is 7.19. The third kappa shape index (κ3) is 4.10. The number of carbonyl (C=O) groups excluding carboxylic acids is 1. The number of hydrogen-bond donors (Lipinski definition) is 2. The van der Waals surface area contributed by atoms with Gasteiger partial charge in [0.15, 0.2) is 0 Å². The van der Waals surface area contributed by atoms with Crippen molar-refractivity contribution in [3.05, 3.63) is 29.6 Å². The van der Waals surface area contributed by atoms with E-state index in [9.17, 15) is 13.4 Å². The van der Waals surface area contributed by atoms with Crippen LogP contribution in [-0.2, 0) is 10.8 Å². The predicted octanol–water partition coefficient (Wildman–Crippen LogP) is 1.29. The van der Waals surface area contributed by atoms with Crippen molar-refractivity contribution in [2.75, 3.05) is 18.5 Å². The summed E-state index contributed by atoms with van der Waals surface area (Å²) in [6.45, 7) is 2.26. The summed E-state index contributed by atoms with van der Waals surface area (Å²) in [5.41, 5.74) is 5.57. The van der Waals surface area contributed by atoms with E-state index in [1.807, 2.05) is 6.92 Å². The first-order chi connectivity index (χ1) is 8.41. The molecule has 1 aromatic rings. The molecule has 1 rings (SSSR count). The zero-order valence-corrected chi connectivity index (χ0v) is 11.2. The van der Waals surface area contributed by atoms with Crippen molar-refractivity contribution in [2.45, 2.75) is 18.6 Å². The van der Waals surface area contributed by atoms with Crippen molar-refractivity contribution in [1.29, 1.82) is 0 Å². The molecule has 0 saturated heterocycles. The summed E-state index contributed by atoms with van der Waals surface area (Å²) >= 11 is 0. The third-order valence-electron chi connectivity index (χ3n) is 2.67. The molecule has 100 valence electrons. The molecule has 0 heterocycles. The first-order valence-electron chi connectivity index (χ1n) is 5.57. The number of nitrogens with one attached hydrogen (secondary N) is 1. The zero-order valence-electron chi connectivity index (χ0n) is 10.4. The summed E-state index contributed by atoms with van der Waals surface area (Å²) in [4.78, 5) is 11.7. The van der Waals surface area contributed by atoms with Gasteiger partial charge in [-0.3, -0.25) is 9.00 Å². The molecule has 0 bridgehead atoms. The fourth-order valence-corrected chi connectivity index (χ4v) is 1.78. The Kier molecular flexibility index (Phi) is 5.27. The van der Waals surface area contributed by atoms with Crippen molar-refractivity contribution < 1.29 is 13.4 Å². The largest absolute Gasteiger partial charge is 0.396 e. The molecule has 1 amide bonds.